The third kappa shape index (κ3) is 2.41. The van der Waals surface area contributed by atoms with Gasteiger partial charge in [0, 0.05) is 18.9 Å². The first kappa shape index (κ1) is 16.1. The number of carbonyl (C=O) groups excluding carboxylic acids is 1. The number of ketones is 1. The molecule has 4 saturated carbocycles. The summed E-state index contributed by atoms with van der Waals surface area (Å²) in [5, 5.41) is 10.8. The minimum absolute atomic E-state index is 0.000538. The molecule has 0 unspecified atom stereocenters. The molecule has 4 aliphatic rings. The lowest BCUT2D eigenvalue weighted by molar-refractivity contribution is -0.138. The second kappa shape index (κ2) is 5.56. The summed E-state index contributed by atoms with van der Waals surface area (Å²) in [7, 11) is 1.69. The molecule has 4 fully saturated rings. The molecule has 3 nitrogen and oxygen atoms in total. The van der Waals surface area contributed by atoms with Crippen molar-refractivity contribution in [3.63, 3.8) is 0 Å². The van der Waals surface area contributed by atoms with Crippen LogP contribution in [0, 0.1) is 35.0 Å². The van der Waals surface area contributed by atoms with Gasteiger partial charge in [-0.15, -0.1) is 0 Å². The fourth-order valence-electron chi connectivity index (χ4n) is 7.13. The van der Waals surface area contributed by atoms with Crippen LogP contribution in [0.5, 0.6) is 0 Å². The van der Waals surface area contributed by atoms with Crippen molar-refractivity contribution in [3.05, 3.63) is 0 Å². The Hall–Kier alpha value is -0.410. The van der Waals surface area contributed by atoms with Crippen LogP contribution in [0.1, 0.15) is 64.7 Å². The fourth-order valence-corrected chi connectivity index (χ4v) is 7.13. The maximum atomic E-state index is 12.4. The zero-order valence-corrected chi connectivity index (χ0v) is 14.7. The monoisotopic (exact) mass is 320 g/mol. The zero-order valence-electron chi connectivity index (χ0n) is 14.7. The van der Waals surface area contributed by atoms with Crippen molar-refractivity contribution >= 4 is 5.78 Å². The molecule has 7 atom stereocenters. The van der Waals surface area contributed by atoms with E-state index in [1.54, 1.807) is 7.11 Å². The highest BCUT2D eigenvalue weighted by molar-refractivity contribution is 5.87. The van der Waals surface area contributed by atoms with Crippen LogP contribution in [-0.2, 0) is 9.53 Å². The molecule has 1 N–H and O–H groups in total. The van der Waals surface area contributed by atoms with Gasteiger partial charge in [0.1, 0.15) is 5.78 Å². The van der Waals surface area contributed by atoms with Crippen LogP contribution in [0.2, 0.25) is 0 Å². The summed E-state index contributed by atoms with van der Waals surface area (Å²) >= 11 is 0. The molecular formula is C20H32O3. The third-order valence-corrected chi connectivity index (χ3v) is 8.23. The Morgan fingerprint density at radius 1 is 1.09 bits per heavy atom. The summed E-state index contributed by atoms with van der Waals surface area (Å²) in [4.78, 5) is 12.4. The van der Waals surface area contributed by atoms with E-state index in [0.717, 1.165) is 56.3 Å². The van der Waals surface area contributed by atoms with Crippen molar-refractivity contribution in [2.75, 3.05) is 13.7 Å². The summed E-state index contributed by atoms with van der Waals surface area (Å²) in [5.41, 5.74) is -0.589. The van der Waals surface area contributed by atoms with Gasteiger partial charge in [0.25, 0.3) is 0 Å². The molecule has 4 aliphatic carbocycles. The highest BCUT2D eigenvalue weighted by atomic mass is 16.5. The van der Waals surface area contributed by atoms with Crippen LogP contribution in [0.4, 0.5) is 0 Å². The normalized spacial score (nSPS) is 52.7. The second-order valence-corrected chi connectivity index (χ2v) is 9.25. The first-order chi connectivity index (χ1) is 11.0. The number of methoxy groups -OCH3 is 1. The van der Waals surface area contributed by atoms with E-state index in [1.165, 1.54) is 19.3 Å². The predicted molar refractivity (Wildman–Crippen MR) is 88.9 cm³/mol. The summed E-state index contributed by atoms with van der Waals surface area (Å²) in [6.07, 6.45) is 9.83. The van der Waals surface area contributed by atoms with Gasteiger partial charge in [-0.25, -0.2) is 0 Å². The quantitative estimate of drug-likeness (QED) is 0.846. The zero-order chi connectivity index (χ0) is 16.2. The van der Waals surface area contributed by atoms with Crippen LogP contribution < -0.4 is 0 Å². The molecule has 4 rings (SSSR count). The van der Waals surface area contributed by atoms with Gasteiger partial charge in [-0.2, -0.15) is 0 Å². The Morgan fingerprint density at radius 2 is 1.87 bits per heavy atom. The van der Waals surface area contributed by atoms with Crippen molar-refractivity contribution in [2.24, 2.45) is 35.0 Å². The van der Waals surface area contributed by atoms with Gasteiger partial charge in [0.15, 0.2) is 0 Å². The van der Waals surface area contributed by atoms with Gasteiger partial charge < -0.3 is 9.84 Å². The molecule has 0 radical (unpaired) electrons. The van der Waals surface area contributed by atoms with Crippen LogP contribution in [-0.4, -0.2) is 30.2 Å². The summed E-state index contributed by atoms with van der Waals surface area (Å²) < 4.78 is 5.27. The number of ether oxygens (including phenoxy) is 1. The van der Waals surface area contributed by atoms with Gasteiger partial charge in [0.2, 0.25) is 0 Å². The molecule has 0 amide bonds. The van der Waals surface area contributed by atoms with Crippen molar-refractivity contribution in [3.8, 4) is 0 Å². The summed E-state index contributed by atoms with van der Waals surface area (Å²) in [6.45, 7) is 2.74. The van der Waals surface area contributed by atoms with Crippen LogP contribution in [0.25, 0.3) is 0 Å². The van der Waals surface area contributed by atoms with Crippen molar-refractivity contribution in [1.29, 1.82) is 0 Å². The lowest BCUT2D eigenvalue weighted by Gasteiger charge is -2.55. The predicted octanol–water partition coefficient (Wildman–Crippen LogP) is 3.59. The molecule has 0 aromatic carbocycles. The number of carbonyl (C=O) groups is 1. The number of aliphatic hydroxyl groups is 1. The van der Waals surface area contributed by atoms with E-state index < -0.39 is 5.60 Å². The Morgan fingerprint density at radius 3 is 2.65 bits per heavy atom. The van der Waals surface area contributed by atoms with Gasteiger partial charge in [0.05, 0.1) is 12.2 Å². The van der Waals surface area contributed by atoms with Crippen molar-refractivity contribution in [2.45, 2.75) is 70.3 Å². The molecule has 0 bridgehead atoms. The number of hydrogen-bond donors (Lipinski definition) is 1. The van der Waals surface area contributed by atoms with Gasteiger partial charge in [-0.1, -0.05) is 6.92 Å². The molecule has 0 saturated heterocycles. The first-order valence-electron chi connectivity index (χ1n) is 9.71. The topological polar surface area (TPSA) is 46.5 Å². The van der Waals surface area contributed by atoms with E-state index >= 15 is 0 Å². The highest BCUT2D eigenvalue weighted by Crippen LogP contribution is 2.61. The Labute approximate surface area is 140 Å². The lowest BCUT2D eigenvalue weighted by atomic mass is 9.50. The molecular weight excluding hydrogens is 288 g/mol. The molecule has 0 aromatic rings. The SMILES string of the molecule is COC[C@@]1(O)CC[C@H]2[C@H](CC[C@@H]3[C@@H]2CC[C@]2(C)C(=O)CC[C@@H]32)C1. The summed E-state index contributed by atoms with van der Waals surface area (Å²) in [6, 6.07) is 0. The lowest BCUT2D eigenvalue weighted by Crippen LogP contribution is -2.52. The Kier molecular flexibility index (Phi) is 3.88. The van der Waals surface area contributed by atoms with E-state index in [4.69, 9.17) is 4.74 Å². The Bertz CT molecular complexity index is 489. The molecule has 3 heteroatoms. The molecule has 130 valence electrons. The third-order valence-electron chi connectivity index (χ3n) is 8.23. The largest absolute Gasteiger partial charge is 0.387 e. The minimum Gasteiger partial charge on any atom is -0.387 e. The van der Waals surface area contributed by atoms with Crippen LogP contribution in [0.15, 0.2) is 0 Å². The van der Waals surface area contributed by atoms with Gasteiger partial charge in [-0.05, 0) is 81.0 Å². The minimum atomic E-state index is -0.588. The molecule has 0 heterocycles. The highest BCUT2D eigenvalue weighted by Gasteiger charge is 2.57. The smallest absolute Gasteiger partial charge is 0.139 e. The second-order valence-electron chi connectivity index (χ2n) is 9.25. The average molecular weight is 320 g/mol. The van der Waals surface area contributed by atoms with Gasteiger partial charge >= 0.3 is 0 Å². The molecule has 0 aliphatic heterocycles. The van der Waals surface area contributed by atoms with E-state index in [2.05, 4.69) is 6.92 Å². The molecule has 0 aromatic heterocycles. The first-order valence-corrected chi connectivity index (χ1v) is 9.71. The average Bonchev–Trinajstić information content (AvgIpc) is 2.82. The summed E-state index contributed by atoms with van der Waals surface area (Å²) in [5.74, 6) is 4.23. The van der Waals surface area contributed by atoms with Crippen molar-refractivity contribution in [1.82, 2.24) is 0 Å². The number of Topliss-reactive ketones (excluding diaryl/α,β-unsaturated/α-hetero) is 1. The van der Waals surface area contributed by atoms with E-state index in [1.807, 2.05) is 0 Å². The van der Waals surface area contributed by atoms with Crippen LogP contribution >= 0.6 is 0 Å². The fraction of sp³-hybridized carbons (Fsp3) is 0.950. The van der Waals surface area contributed by atoms with E-state index in [9.17, 15) is 9.90 Å². The van der Waals surface area contributed by atoms with Gasteiger partial charge in [-0.3, -0.25) is 4.79 Å². The van der Waals surface area contributed by atoms with E-state index in [-0.39, 0.29) is 5.41 Å². The number of rotatable bonds is 2. The maximum absolute atomic E-state index is 12.4. The van der Waals surface area contributed by atoms with Crippen LogP contribution in [0.3, 0.4) is 0 Å². The molecule has 23 heavy (non-hydrogen) atoms. The number of fused-ring (bicyclic) bond motifs is 5. The maximum Gasteiger partial charge on any atom is 0.139 e. The van der Waals surface area contributed by atoms with Crippen molar-refractivity contribution < 1.29 is 14.6 Å². The number of hydrogen-bond acceptors (Lipinski definition) is 3. The molecule has 0 spiro atoms. The Balaban J connectivity index is 1.51. The standard InChI is InChI=1S/C20H32O3/c1-19-9-7-15-14-8-10-20(22,12-23-2)11-13(14)3-4-16(15)17(19)5-6-18(19)21/h13-17,22H,3-12H2,1-2H3/t13-,14+,15-,16-,17+,19+,20-/m1/s1. The van der Waals surface area contributed by atoms with E-state index in [0.29, 0.717) is 24.2 Å².